The number of rotatable bonds is 5. The van der Waals surface area contributed by atoms with Crippen LogP contribution in [0, 0.1) is 0 Å². The molecular weight excluding hydrogens is 576 g/mol. The molecule has 1 fully saturated rings. The standard InChI is InChI=1S/C30H32N4O6S2/c1-20(35)33-12-11-25-26(19-33)41-29(27(25)30(37)32-14-16-40-17-15-32)31-28(36)22-6-8-24(9-7-22)42(38,39)34-13-10-21-4-2-3-5-23(21)18-34/h2-9H,10-19H2,1H3,(H,31,36). The van der Waals surface area contributed by atoms with Crippen molar-refractivity contribution >= 4 is 44.1 Å². The highest BCUT2D eigenvalue weighted by molar-refractivity contribution is 7.89. The molecule has 12 heteroatoms. The number of nitrogens with zero attached hydrogens (tertiary/aromatic N) is 3. The van der Waals surface area contributed by atoms with Crippen LogP contribution < -0.4 is 5.32 Å². The van der Waals surface area contributed by atoms with Crippen molar-refractivity contribution in [3.05, 3.63) is 81.2 Å². The lowest BCUT2D eigenvalue weighted by Crippen LogP contribution is -2.41. The van der Waals surface area contributed by atoms with E-state index in [9.17, 15) is 22.8 Å². The van der Waals surface area contributed by atoms with Crippen LogP contribution in [0.3, 0.4) is 0 Å². The maximum atomic E-state index is 13.6. The zero-order chi connectivity index (χ0) is 29.4. The Morgan fingerprint density at radius 3 is 2.29 bits per heavy atom. The lowest BCUT2D eigenvalue weighted by molar-refractivity contribution is -0.129. The summed E-state index contributed by atoms with van der Waals surface area (Å²) in [6.07, 6.45) is 1.18. The predicted molar refractivity (Wildman–Crippen MR) is 158 cm³/mol. The third kappa shape index (κ3) is 5.47. The zero-order valence-corrected chi connectivity index (χ0v) is 24.9. The van der Waals surface area contributed by atoms with Crippen molar-refractivity contribution in [2.45, 2.75) is 37.8 Å². The highest BCUT2D eigenvalue weighted by atomic mass is 32.2. The first kappa shape index (κ1) is 28.5. The van der Waals surface area contributed by atoms with Crippen molar-refractivity contribution in [1.82, 2.24) is 14.1 Å². The minimum Gasteiger partial charge on any atom is -0.378 e. The summed E-state index contributed by atoms with van der Waals surface area (Å²) in [6.45, 7) is 4.97. The summed E-state index contributed by atoms with van der Waals surface area (Å²) in [7, 11) is -3.74. The van der Waals surface area contributed by atoms with Crippen molar-refractivity contribution in [2.24, 2.45) is 0 Å². The summed E-state index contributed by atoms with van der Waals surface area (Å²) in [5.74, 6) is -0.639. The van der Waals surface area contributed by atoms with Crippen LogP contribution in [0.5, 0.6) is 0 Å². The number of anilines is 1. The van der Waals surface area contributed by atoms with Gasteiger partial charge in [0, 0.05) is 50.1 Å². The molecule has 0 unspecified atom stereocenters. The molecular formula is C30H32N4O6S2. The Morgan fingerprint density at radius 2 is 1.57 bits per heavy atom. The quantitative estimate of drug-likeness (QED) is 0.476. The molecule has 0 bridgehead atoms. The van der Waals surface area contributed by atoms with E-state index in [1.54, 1.807) is 9.80 Å². The average molecular weight is 609 g/mol. The van der Waals surface area contributed by atoms with Gasteiger partial charge in [-0.3, -0.25) is 14.4 Å². The van der Waals surface area contributed by atoms with E-state index in [4.69, 9.17) is 4.74 Å². The van der Waals surface area contributed by atoms with Gasteiger partial charge in [0.2, 0.25) is 15.9 Å². The first-order valence-corrected chi connectivity index (χ1v) is 16.2. The van der Waals surface area contributed by atoms with Gasteiger partial charge in [0.15, 0.2) is 0 Å². The molecule has 0 atom stereocenters. The van der Waals surface area contributed by atoms with Crippen LogP contribution in [-0.2, 0) is 45.5 Å². The Bertz CT molecular complexity index is 1640. The molecule has 4 heterocycles. The fraction of sp³-hybridized carbons (Fsp3) is 0.367. The second-order valence-electron chi connectivity index (χ2n) is 10.6. The maximum Gasteiger partial charge on any atom is 0.257 e. The third-order valence-corrected chi connectivity index (χ3v) is 11.1. The van der Waals surface area contributed by atoms with Gasteiger partial charge in [-0.05, 0) is 53.8 Å². The van der Waals surface area contributed by atoms with E-state index in [0.717, 1.165) is 21.6 Å². The molecule has 2 aromatic carbocycles. The molecule has 0 saturated carbocycles. The molecule has 0 aliphatic carbocycles. The highest BCUT2D eigenvalue weighted by Gasteiger charge is 2.33. The average Bonchev–Trinajstić information content (AvgIpc) is 3.37. The predicted octanol–water partition coefficient (Wildman–Crippen LogP) is 3.12. The van der Waals surface area contributed by atoms with Gasteiger partial charge >= 0.3 is 0 Å². The topological polar surface area (TPSA) is 116 Å². The molecule has 3 aromatic rings. The molecule has 6 rings (SSSR count). The number of sulfonamides is 1. The van der Waals surface area contributed by atoms with E-state index < -0.39 is 15.9 Å². The SMILES string of the molecule is CC(=O)N1CCc2c(sc(NC(=O)c3ccc(S(=O)(=O)N4CCc5ccccc5C4)cc3)c2C(=O)N2CCOCC2)C1. The zero-order valence-electron chi connectivity index (χ0n) is 23.3. The minimum absolute atomic E-state index is 0.0375. The summed E-state index contributed by atoms with van der Waals surface area (Å²) < 4.78 is 33.6. The lowest BCUT2D eigenvalue weighted by Gasteiger charge is -2.29. The van der Waals surface area contributed by atoms with Gasteiger partial charge in [-0.2, -0.15) is 4.31 Å². The number of amides is 3. The van der Waals surface area contributed by atoms with E-state index in [1.165, 1.54) is 46.8 Å². The van der Waals surface area contributed by atoms with Gasteiger partial charge in [-0.25, -0.2) is 8.42 Å². The number of nitrogens with one attached hydrogen (secondary N) is 1. The molecule has 3 aliphatic heterocycles. The van der Waals surface area contributed by atoms with E-state index >= 15 is 0 Å². The highest BCUT2D eigenvalue weighted by Crippen LogP contribution is 2.38. The summed E-state index contributed by atoms with van der Waals surface area (Å²) in [6, 6.07) is 13.7. The molecule has 42 heavy (non-hydrogen) atoms. The Kier molecular flexibility index (Phi) is 7.88. The van der Waals surface area contributed by atoms with Crippen LogP contribution >= 0.6 is 11.3 Å². The summed E-state index contributed by atoms with van der Waals surface area (Å²) in [4.78, 5) is 43.5. The molecule has 1 N–H and O–H groups in total. The second-order valence-corrected chi connectivity index (χ2v) is 13.7. The van der Waals surface area contributed by atoms with Gasteiger partial charge in [0.1, 0.15) is 5.00 Å². The minimum atomic E-state index is -3.74. The van der Waals surface area contributed by atoms with Gasteiger partial charge in [0.05, 0.1) is 30.2 Å². The molecule has 10 nitrogen and oxygen atoms in total. The fourth-order valence-corrected chi connectivity index (χ4v) is 8.36. The first-order valence-electron chi connectivity index (χ1n) is 14.0. The summed E-state index contributed by atoms with van der Waals surface area (Å²) >= 11 is 1.31. The number of hydrogen-bond donors (Lipinski definition) is 1. The number of carbonyl (C=O) groups excluding carboxylic acids is 3. The Morgan fingerprint density at radius 1 is 0.857 bits per heavy atom. The van der Waals surface area contributed by atoms with Crippen LogP contribution in [0.15, 0.2) is 53.4 Å². The molecule has 0 spiro atoms. The van der Waals surface area contributed by atoms with Gasteiger partial charge < -0.3 is 19.9 Å². The monoisotopic (exact) mass is 608 g/mol. The number of ether oxygens (including phenoxy) is 1. The number of hydrogen-bond acceptors (Lipinski definition) is 7. The number of benzene rings is 2. The van der Waals surface area contributed by atoms with Crippen LogP contribution in [0.2, 0.25) is 0 Å². The van der Waals surface area contributed by atoms with Crippen LogP contribution in [-0.4, -0.2) is 79.6 Å². The number of fused-ring (bicyclic) bond motifs is 2. The summed E-state index contributed by atoms with van der Waals surface area (Å²) in [5, 5.41) is 3.36. The number of thiophene rings is 1. The third-order valence-electron chi connectivity index (χ3n) is 8.09. The molecule has 1 aromatic heterocycles. The Labute approximate surface area is 248 Å². The normalized spacial score (nSPS) is 17.4. The Balaban J connectivity index is 1.23. The molecule has 3 amide bonds. The molecule has 3 aliphatic rings. The van der Waals surface area contributed by atoms with E-state index in [2.05, 4.69) is 5.32 Å². The van der Waals surface area contributed by atoms with Crippen molar-refractivity contribution in [3.8, 4) is 0 Å². The molecule has 1 saturated heterocycles. The van der Waals surface area contributed by atoms with Gasteiger partial charge in [-0.15, -0.1) is 11.3 Å². The fourth-order valence-electron chi connectivity index (χ4n) is 5.69. The second kappa shape index (κ2) is 11.6. The van der Waals surface area contributed by atoms with E-state index in [1.807, 2.05) is 24.3 Å². The number of carbonyl (C=O) groups is 3. The van der Waals surface area contributed by atoms with Crippen LogP contribution in [0.1, 0.15) is 49.2 Å². The Hall–Kier alpha value is -3.58. The first-order chi connectivity index (χ1) is 20.2. The van der Waals surface area contributed by atoms with Crippen LogP contribution in [0.25, 0.3) is 0 Å². The number of morpholine rings is 1. The lowest BCUT2D eigenvalue weighted by atomic mass is 10.0. The molecule has 220 valence electrons. The smallest absolute Gasteiger partial charge is 0.257 e. The van der Waals surface area contributed by atoms with Gasteiger partial charge in [-0.1, -0.05) is 24.3 Å². The van der Waals surface area contributed by atoms with Crippen LogP contribution in [0.4, 0.5) is 5.00 Å². The van der Waals surface area contributed by atoms with Crippen molar-refractivity contribution in [3.63, 3.8) is 0 Å². The van der Waals surface area contributed by atoms with Crippen molar-refractivity contribution < 1.29 is 27.5 Å². The van der Waals surface area contributed by atoms with Gasteiger partial charge in [0.25, 0.3) is 11.8 Å². The summed E-state index contributed by atoms with van der Waals surface area (Å²) in [5.41, 5.74) is 3.77. The molecule has 0 radical (unpaired) electrons. The maximum absolute atomic E-state index is 13.6. The van der Waals surface area contributed by atoms with E-state index in [-0.39, 0.29) is 22.3 Å². The van der Waals surface area contributed by atoms with E-state index in [0.29, 0.717) is 75.9 Å². The largest absolute Gasteiger partial charge is 0.378 e. The van der Waals surface area contributed by atoms with Crippen molar-refractivity contribution in [1.29, 1.82) is 0 Å². The van der Waals surface area contributed by atoms with Crippen molar-refractivity contribution in [2.75, 3.05) is 44.7 Å².